The zero-order chi connectivity index (χ0) is 21.6. The van der Waals surface area contributed by atoms with Gasteiger partial charge in [-0.1, -0.05) is 19.1 Å². The minimum absolute atomic E-state index is 0.0174. The Bertz CT molecular complexity index is 1010. The number of thioether (sulfide) groups is 1. The number of carbonyl (C=O) groups excluding carboxylic acids is 2. The fraction of sp³-hybridized carbons (Fsp3) is 0.300. The van der Waals surface area contributed by atoms with Gasteiger partial charge in [0.05, 0.1) is 21.8 Å². The van der Waals surface area contributed by atoms with E-state index in [0.29, 0.717) is 5.69 Å². The van der Waals surface area contributed by atoms with Crippen LogP contribution in [0.4, 0.5) is 11.4 Å². The van der Waals surface area contributed by atoms with Crippen LogP contribution in [-0.2, 0) is 14.8 Å². The molecule has 0 fully saturated rings. The molecule has 2 aromatic carbocycles. The molecule has 0 bridgehead atoms. The van der Waals surface area contributed by atoms with Crippen molar-refractivity contribution in [3.8, 4) is 0 Å². The minimum atomic E-state index is -3.98. The van der Waals surface area contributed by atoms with Gasteiger partial charge in [0, 0.05) is 17.9 Å². The SMILES string of the molecule is CC[C@H](C)NC(=O)c1ccccc1NS(=O)(=O)c1ccc(SC)c(NC(C)=O)c1. The maximum atomic E-state index is 12.9. The Labute approximate surface area is 175 Å². The number of anilines is 2. The number of rotatable bonds is 8. The lowest BCUT2D eigenvalue weighted by atomic mass is 10.1. The van der Waals surface area contributed by atoms with Crippen LogP contribution in [0.1, 0.15) is 37.6 Å². The number of sulfonamides is 1. The van der Waals surface area contributed by atoms with Crippen LogP contribution in [-0.4, -0.2) is 32.5 Å². The van der Waals surface area contributed by atoms with E-state index in [1.807, 2.05) is 20.1 Å². The molecule has 2 amide bonds. The molecule has 1 atom stereocenters. The lowest BCUT2D eigenvalue weighted by molar-refractivity contribution is -0.114. The fourth-order valence-electron chi connectivity index (χ4n) is 2.52. The van der Waals surface area contributed by atoms with Crippen LogP contribution >= 0.6 is 11.8 Å². The van der Waals surface area contributed by atoms with Crippen molar-refractivity contribution in [3.05, 3.63) is 48.0 Å². The second-order valence-corrected chi connectivity index (χ2v) is 9.01. The molecule has 0 unspecified atom stereocenters. The van der Waals surface area contributed by atoms with Crippen LogP contribution in [0.25, 0.3) is 0 Å². The Morgan fingerprint density at radius 2 is 1.79 bits per heavy atom. The van der Waals surface area contributed by atoms with Gasteiger partial charge in [0.15, 0.2) is 0 Å². The summed E-state index contributed by atoms with van der Waals surface area (Å²) >= 11 is 1.39. The monoisotopic (exact) mass is 435 g/mol. The molecule has 7 nitrogen and oxygen atoms in total. The number of hydrogen-bond donors (Lipinski definition) is 3. The van der Waals surface area contributed by atoms with Crippen LogP contribution < -0.4 is 15.4 Å². The molecule has 9 heteroatoms. The number of carbonyl (C=O) groups is 2. The second kappa shape index (κ2) is 9.80. The van der Waals surface area contributed by atoms with Crippen LogP contribution in [0.5, 0.6) is 0 Å². The predicted molar refractivity (Wildman–Crippen MR) is 117 cm³/mol. The van der Waals surface area contributed by atoms with E-state index in [4.69, 9.17) is 0 Å². The topological polar surface area (TPSA) is 104 Å². The first-order valence-electron chi connectivity index (χ1n) is 9.06. The Kier molecular flexibility index (Phi) is 7.69. The van der Waals surface area contributed by atoms with Crippen molar-refractivity contribution in [2.24, 2.45) is 0 Å². The Morgan fingerprint density at radius 3 is 2.41 bits per heavy atom. The number of para-hydroxylation sites is 1. The maximum absolute atomic E-state index is 12.9. The third-order valence-electron chi connectivity index (χ3n) is 4.20. The van der Waals surface area contributed by atoms with E-state index in [0.717, 1.165) is 11.3 Å². The van der Waals surface area contributed by atoms with Gasteiger partial charge in [0.2, 0.25) is 5.91 Å². The molecule has 0 spiro atoms. The smallest absolute Gasteiger partial charge is 0.261 e. The van der Waals surface area contributed by atoms with Gasteiger partial charge in [0.25, 0.3) is 15.9 Å². The first-order valence-corrected chi connectivity index (χ1v) is 11.8. The van der Waals surface area contributed by atoms with Crippen LogP contribution in [0.2, 0.25) is 0 Å². The minimum Gasteiger partial charge on any atom is -0.350 e. The van der Waals surface area contributed by atoms with Gasteiger partial charge in [0.1, 0.15) is 0 Å². The summed E-state index contributed by atoms with van der Waals surface area (Å²) in [6.07, 6.45) is 2.59. The highest BCUT2D eigenvalue weighted by Crippen LogP contribution is 2.29. The molecule has 0 radical (unpaired) electrons. The fourth-order valence-corrected chi connectivity index (χ4v) is 4.16. The van der Waals surface area contributed by atoms with Crippen molar-refractivity contribution >= 4 is 45.0 Å². The largest absolute Gasteiger partial charge is 0.350 e. The zero-order valence-electron chi connectivity index (χ0n) is 16.8. The summed E-state index contributed by atoms with van der Waals surface area (Å²) in [5.74, 6) is -0.649. The van der Waals surface area contributed by atoms with E-state index in [9.17, 15) is 18.0 Å². The summed E-state index contributed by atoms with van der Waals surface area (Å²) in [6.45, 7) is 5.18. The van der Waals surface area contributed by atoms with Crippen molar-refractivity contribution < 1.29 is 18.0 Å². The molecule has 0 aliphatic rings. The standard InChI is InChI=1S/C20H25N3O4S2/c1-5-13(2)21-20(25)16-8-6-7-9-17(16)23-29(26,27)15-10-11-19(28-4)18(12-15)22-14(3)24/h6-13,23H,5H2,1-4H3,(H,21,25)(H,22,24)/t13-/m0/s1. The van der Waals surface area contributed by atoms with E-state index in [1.165, 1.54) is 36.9 Å². The van der Waals surface area contributed by atoms with E-state index in [1.54, 1.807) is 24.3 Å². The van der Waals surface area contributed by atoms with Gasteiger partial charge < -0.3 is 10.6 Å². The van der Waals surface area contributed by atoms with Crippen LogP contribution in [0.3, 0.4) is 0 Å². The van der Waals surface area contributed by atoms with Gasteiger partial charge in [-0.3, -0.25) is 14.3 Å². The Balaban J connectivity index is 2.37. The molecule has 0 saturated carbocycles. The summed E-state index contributed by atoms with van der Waals surface area (Å²) in [4.78, 5) is 24.7. The summed E-state index contributed by atoms with van der Waals surface area (Å²) in [6, 6.07) is 10.9. The van der Waals surface area contributed by atoms with E-state index >= 15 is 0 Å². The highest BCUT2D eigenvalue weighted by atomic mass is 32.2. The van der Waals surface area contributed by atoms with Gasteiger partial charge in [-0.25, -0.2) is 8.42 Å². The Hall–Kier alpha value is -2.52. The molecule has 3 N–H and O–H groups in total. The molecule has 29 heavy (non-hydrogen) atoms. The lowest BCUT2D eigenvalue weighted by Gasteiger charge is -2.16. The molecule has 0 heterocycles. The molecule has 0 aliphatic heterocycles. The second-order valence-electron chi connectivity index (χ2n) is 6.48. The zero-order valence-corrected chi connectivity index (χ0v) is 18.4. The molecule has 2 aromatic rings. The van der Waals surface area contributed by atoms with Crippen LogP contribution in [0.15, 0.2) is 52.3 Å². The summed E-state index contributed by atoms with van der Waals surface area (Å²) < 4.78 is 28.3. The maximum Gasteiger partial charge on any atom is 0.261 e. The molecule has 156 valence electrons. The third kappa shape index (κ3) is 5.98. The number of benzene rings is 2. The first-order chi connectivity index (χ1) is 13.7. The quantitative estimate of drug-likeness (QED) is 0.549. The highest BCUT2D eigenvalue weighted by Gasteiger charge is 2.20. The molecular formula is C20H25N3O4S2. The normalized spacial score (nSPS) is 12.1. The molecule has 0 aromatic heterocycles. The third-order valence-corrected chi connectivity index (χ3v) is 6.36. The molecule has 0 saturated heterocycles. The first kappa shape index (κ1) is 22.8. The average molecular weight is 436 g/mol. The number of nitrogens with one attached hydrogen (secondary N) is 3. The molecule has 0 aliphatic carbocycles. The number of amides is 2. The van der Waals surface area contributed by atoms with Gasteiger partial charge in [-0.15, -0.1) is 11.8 Å². The van der Waals surface area contributed by atoms with Gasteiger partial charge in [-0.05, 0) is 49.9 Å². The van der Waals surface area contributed by atoms with Gasteiger partial charge >= 0.3 is 0 Å². The van der Waals surface area contributed by atoms with E-state index in [-0.39, 0.29) is 34.0 Å². The van der Waals surface area contributed by atoms with E-state index in [2.05, 4.69) is 15.4 Å². The van der Waals surface area contributed by atoms with Crippen molar-refractivity contribution in [1.29, 1.82) is 0 Å². The van der Waals surface area contributed by atoms with Crippen molar-refractivity contribution in [2.75, 3.05) is 16.3 Å². The molecular weight excluding hydrogens is 410 g/mol. The van der Waals surface area contributed by atoms with Crippen molar-refractivity contribution in [2.45, 2.75) is 43.0 Å². The predicted octanol–water partition coefficient (Wildman–Crippen LogP) is 3.70. The summed E-state index contributed by atoms with van der Waals surface area (Å²) in [5.41, 5.74) is 0.832. The van der Waals surface area contributed by atoms with E-state index < -0.39 is 10.0 Å². The van der Waals surface area contributed by atoms with Crippen molar-refractivity contribution in [3.63, 3.8) is 0 Å². The Morgan fingerprint density at radius 1 is 1.10 bits per heavy atom. The lowest BCUT2D eigenvalue weighted by Crippen LogP contribution is -2.32. The number of hydrogen-bond acceptors (Lipinski definition) is 5. The van der Waals surface area contributed by atoms with Crippen LogP contribution in [0, 0.1) is 0 Å². The van der Waals surface area contributed by atoms with Gasteiger partial charge in [-0.2, -0.15) is 0 Å². The van der Waals surface area contributed by atoms with Crippen molar-refractivity contribution in [1.82, 2.24) is 5.32 Å². The summed E-state index contributed by atoms with van der Waals surface area (Å²) in [7, 11) is -3.98. The summed E-state index contributed by atoms with van der Waals surface area (Å²) in [5, 5.41) is 5.48. The highest BCUT2D eigenvalue weighted by molar-refractivity contribution is 7.98. The average Bonchev–Trinajstić information content (AvgIpc) is 2.67. The molecule has 2 rings (SSSR count).